The van der Waals surface area contributed by atoms with Gasteiger partial charge in [0.05, 0.1) is 13.2 Å². The van der Waals surface area contributed by atoms with E-state index in [1.807, 2.05) is 36.4 Å². The van der Waals surface area contributed by atoms with Crippen molar-refractivity contribution in [3.05, 3.63) is 65.2 Å². The summed E-state index contributed by atoms with van der Waals surface area (Å²) in [4.78, 5) is 14.8. The molecule has 0 radical (unpaired) electrons. The van der Waals surface area contributed by atoms with Crippen LogP contribution in [0.1, 0.15) is 41.3 Å². The van der Waals surface area contributed by atoms with Crippen molar-refractivity contribution in [2.24, 2.45) is 0 Å². The number of nitrogens with zero attached hydrogens (tertiary/aromatic N) is 1. The Kier molecular flexibility index (Phi) is 5.84. The molecule has 2 aromatic carbocycles. The van der Waals surface area contributed by atoms with E-state index >= 15 is 0 Å². The van der Waals surface area contributed by atoms with Gasteiger partial charge in [0.25, 0.3) is 5.91 Å². The maximum atomic E-state index is 12.4. The fourth-order valence-electron chi connectivity index (χ4n) is 2.93. The Bertz CT molecular complexity index is 687. The molecule has 4 nitrogen and oxygen atoms in total. The van der Waals surface area contributed by atoms with E-state index in [2.05, 4.69) is 36.2 Å². The van der Waals surface area contributed by atoms with Crippen LogP contribution < -0.4 is 5.32 Å². The lowest BCUT2D eigenvalue weighted by atomic mass is 10.0. The third kappa shape index (κ3) is 4.91. The predicted molar refractivity (Wildman–Crippen MR) is 101 cm³/mol. The number of anilines is 1. The molecule has 3 rings (SSSR count). The number of benzene rings is 2. The minimum atomic E-state index is -0.0739. The van der Waals surface area contributed by atoms with Crippen LogP contribution in [0.25, 0.3) is 0 Å². The number of carbonyl (C=O) groups excluding carboxylic acids is 1. The highest BCUT2D eigenvalue weighted by atomic mass is 16.5. The molecule has 25 heavy (non-hydrogen) atoms. The van der Waals surface area contributed by atoms with Gasteiger partial charge in [-0.2, -0.15) is 0 Å². The van der Waals surface area contributed by atoms with E-state index in [0.29, 0.717) is 11.5 Å². The van der Waals surface area contributed by atoms with Gasteiger partial charge in [0, 0.05) is 30.9 Å². The van der Waals surface area contributed by atoms with Gasteiger partial charge in [-0.15, -0.1) is 0 Å². The highest BCUT2D eigenvalue weighted by Gasteiger charge is 2.11. The highest BCUT2D eigenvalue weighted by Crippen LogP contribution is 2.18. The molecular formula is C21H26N2O2. The summed E-state index contributed by atoms with van der Waals surface area (Å²) in [6.07, 6.45) is 0. The van der Waals surface area contributed by atoms with Crippen LogP contribution >= 0.6 is 0 Å². The molecule has 1 amide bonds. The van der Waals surface area contributed by atoms with Crippen molar-refractivity contribution in [3.63, 3.8) is 0 Å². The summed E-state index contributed by atoms with van der Waals surface area (Å²) in [5.74, 6) is 0.416. The molecule has 1 saturated heterocycles. The molecule has 2 aromatic rings. The Balaban J connectivity index is 1.58. The summed E-state index contributed by atoms with van der Waals surface area (Å²) >= 11 is 0. The number of amides is 1. The first-order chi connectivity index (χ1) is 12.1. The van der Waals surface area contributed by atoms with Crippen LogP contribution in [0, 0.1) is 0 Å². The molecule has 0 bridgehead atoms. The SMILES string of the molecule is CC(C)c1ccc(NC(=O)c2ccc(CN3CCOCC3)cc2)cc1. The smallest absolute Gasteiger partial charge is 0.255 e. The second kappa shape index (κ2) is 8.28. The molecular weight excluding hydrogens is 312 g/mol. The summed E-state index contributed by atoms with van der Waals surface area (Å²) in [6, 6.07) is 15.9. The molecule has 1 fully saturated rings. The average Bonchev–Trinajstić information content (AvgIpc) is 2.63. The Morgan fingerprint density at radius 1 is 1.04 bits per heavy atom. The summed E-state index contributed by atoms with van der Waals surface area (Å²) in [5.41, 5.74) is 4.00. The first kappa shape index (κ1) is 17.6. The van der Waals surface area contributed by atoms with Crippen molar-refractivity contribution in [1.82, 2.24) is 4.90 Å². The molecule has 1 N–H and O–H groups in total. The van der Waals surface area contributed by atoms with E-state index in [-0.39, 0.29) is 5.91 Å². The Hall–Kier alpha value is -2.17. The predicted octanol–water partition coefficient (Wildman–Crippen LogP) is 3.89. The molecule has 1 aliphatic rings. The maximum Gasteiger partial charge on any atom is 0.255 e. The van der Waals surface area contributed by atoms with Crippen LogP contribution in [0.4, 0.5) is 5.69 Å². The first-order valence-electron chi connectivity index (χ1n) is 8.92. The Labute approximate surface area is 149 Å². The minimum absolute atomic E-state index is 0.0739. The zero-order valence-corrected chi connectivity index (χ0v) is 15.0. The van der Waals surface area contributed by atoms with Gasteiger partial charge in [0.1, 0.15) is 0 Å². The van der Waals surface area contributed by atoms with Crippen molar-refractivity contribution < 1.29 is 9.53 Å². The Morgan fingerprint density at radius 2 is 1.68 bits per heavy atom. The molecule has 0 aliphatic carbocycles. The summed E-state index contributed by atoms with van der Waals surface area (Å²) in [5, 5.41) is 2.96. The fourth-order valence-corrected chi connectivity index (χ4v) is 2.93. The van der Waals surface area contributed by atoms with Crippen LogP contribution in [0.15, 0.2) is 48.5 Å². The number of morpholine rings is 1. The summed E-state index contributed by atoms with van der Waals surface area (Å²) in [6.45, 7) is 8.76. The molecule has 0 spiro atoms. The number of hydrogen-bond acceptors (Lipinski definition) is 3. The standard InChI is InChI=1S/C21H26N2O2/c1-16(2)18-7-9-20(10-8-18)22-21(24)19-5-3-17(4-6-19)15-23-11-13-25-14-12-23/h3-10,16H,11-15H2,1-2H3,(H,22,24). The fraction of sp³-hybridized carbons (Fsp3) is 0.381. The van der Waals surface area contributed by atoms with Gasteiger partial charge in [-0.3, -0.25) is 9.69 Å². The number of carbonyl (C=O) groups is 1. The monoisotopic (exact) mass is 338 g/mol. The van der Waals surface area contributed by atoms with Gasteiger partial charge in [0.15, 0.2) is 0 Å². The molecule has 4 heteroatoms. The highest BCUT2D eigenvalue weighted by molar-refractivity contribution is 6.04. The van der Waals surface area contributed by atoms with Gasteiger partial charge in [0.2, 0.25) is 0 Å². The van der Waals surface area contributed by atoms with Gasteiger partial charge in [-0.1, -0.05) is 38.1 Å². The van der Waals surface area contributed by atoms with E-state index in [1.165, 1.54) is 11.1 Å². The molecule has 0 atom stereocenters. The van der Waals surface area contributed by atoms with Crippen LogP contribution in [0.3, 0.4) is 0 Å². The second-order valence-corrected chi connectivity index (χ2v) is 6.82. The number of rotatable bonds is 5. The van der Waals surface area contributed by atoms with Crippen molar-refractivity contribution in [3.8, 4) is 0 Å². The van der Waals surface area contributed by atoms with Crippen molar-refractivity contribution in [2.75, 3.05) is 31.6 Å². The van der Waals surface area contributed by atoms with Crippen LogP contribution in [0.2, 0.25) is 0 Å². The lowest BCUT2D eigenvalue weighted by Gasteiger charge is -2.26. The van der Waals surface area contributed by atoms with E-state index < -0.39 is 0 Å². The third-order valence-corrected chi connectivity index (χ3v) is 4.56. The van der Waals surface area contributed by atoms with E-state index in [9.17, 15) is 4.79 Å². The average molecular weight is 338 g/mol. The van der Waals surface area contributed by atoms with Gasteiger partial charge in [-0.05, 0) is 41.3 Å². The number of nitrogens with one attached hydrogen (secondary N) is 1. The number of hydrogen-bond donors (Lipinski definition) is 1. The Morgan fingerprint density at radius 3 is 2.28 bits per heavy atom. The van der Waals surface area contributed by atoms with E-state index in [4.69, 9.17) is 4.74 Å². The van der Waals surface area contributed by atoms with Gasteiger partial charge in [-0.25, -0.2) is 0 Å². The molecule has 1 aliphatic heterocycles. The quantitative estimate of drug-likeness (QED) is 0.899. The molecule has 0 saturated carbocycles. The molecule has 1 heterocycles. The van der Waals surface area contributed by atoms with Crippen molar-refractivity contribution in [1.29, 1.82) is 0 Å². The summed E-state index contributed by atoms with van der Waals surface area (Å²) in [7, 11) is 0. The van der Waals surface area contributed by atoms with E-state index in [0.717, 1.165) is 38.5 Å². The minimum Gasteiger partial charge on any atom is -0.379 e. The molecule has 0 aromatic heterocycles. The van der Waals surface area contributed by atoms with Crippen LogP contribution in [-0.2, 0) is 11.3 Å². The lowest BCUT2D eigenvalue weighted by Crippen LogP contribution is -2.35. The van der Waals surface area contributed by atoms with Gasteiger partial charge < -0.3 is 10.1 Å². The first-order valence-corrected chi connectivity index (χ1v) is 8.92. The number of ether oxygens (including phenoxy) is 1. The van der Waals surface area contributed by atoms with Crippen LogP contribution in [-0.4, -0.2) is 37.1 Å². The van der Waals surface area contributed by atoms with E-state index in [1.54, 1.807) is 0 Å². The second-order valence-electron chi connectivity index (χ2n) is 6.82. The molecule has 0 unspecified atom stereocenters. The normalized spacial score (nSPS) is 15.3. The van der Waals surface area contributed by atoms with Gasteiger partial charge >= 0.3 is 0 Å². The zero-order valence-electron chi connectivity index (χ0n) is 15.0. The van der Waals surface area contributed by atoms with Crippen molar-refractivity contribution >= 4 is 11.6 Å². The van der Waals surface area contributed by atoms with Crippen molar-refractivity contribution in [2.45, 2.75) is 26.3 Å². The third-order valence-electron chi connectivity index (χ3n) is 4.56. The zero-order chi connectivity index (χ0) is 17.6. The lowest BCUT2D eigenvalue weighted by molar-refractivity contribution is 0.0342. The summed E-state index contributed by atoms with van der Waals surface area (Å²) < 4.78 is 5.37. The van der Waals surface area contributed by atoms with Crippen LogP contribution in [0.5, 0.6) is 0 Å². The molecule has 132 valence electrons. The largest absolute Gasteiger partial charge is 0.379 e. The topological polar surface area (TPSA) is 41.6 Å². The maximum absolute atomic E-state index is 12.4.